The average molecular weight is 346 g/mol. The van der Waals surface area contributed by atoms with Crippen LogP contribution in [0.4, 0.5) is 5.69 Å². The quantitative estimate of drug-likeness (QED) is 0.792. The summed E-state index contributed by atoms with van der Waals surface area (Å²) >= 11 is 0. The Bertz CT molecular complexity index is 617. The first-order chi connectivity index (χ1) is 12.2. The highest BCUT2D eigenvalue weighted by Crippen LogP contribution is 2.25. The Morgan fingerprint density at radius 1 is 1.28 bits per heavy atom. The second-order valence-electron chi connectivity index (χ2n) is 6.49. The van der Waals surface area contributed by atoms with Crippen molar-refractivity contribution >= 4 is 17.5 Å². The fraction of sp³-hybridized carbons (Fsp3) is 0.579. The fourth-order valence-corrected chi connectivity index (χ4v) is 3.44. The maximum absolute atomic E-state index is 12.4. The van der Waals surface area contributed by atoms with E-state index in [1.165, 1.54) is 0 Å². The van der Waals surface area contributed by atoms with Crippen LogP contribution in [-0.4, -0.2) is 55.7 Å². The van der Waals surface area contributed by atoms with Crippen LogP contribution in [0.15, 0.2) is 24.3 Å². The molecule has 0 N–H and O–H groups in total. The van der Waals surface area contributed by atoms with E-state index in [4.69, 9.17) is 9.47 Å². The van der Waals surface area contributed by atoms with Crippen LogP contribution >= 0.6 is 0 Å². The summed E-state index contributed by atoms with van der Waals surface area (Å²) in [6, 6.07) is 7.40. The average Bonchev–Trinajstić information content (AvgIpc) is 3.06. The van der Waals surface area contributed by atoms with Crippen molar-refractivity contribution in [3.8, 4) is 5.75 Å². The fourth-order valence-electron chi connectivity index (χ4n) is 3.44. The van der Waals surface area contributed by atoms with Gasteiger partial charge in [-0.05, 0) is 38.3 Å². The smallest absolute Gasteiger partial charge is 0.260 e. The molecule has 1 unspecified atom stereocenters. The van der Waals surface area contributed by atoms with Crippen molar-refractivity contribution in [2.45, 2.75) is 38.7 Å². The van der Waals surface area contributed by atoms with Crippen molar-refractivity contribution < 1.29 is 19.1 Å². The number of ether oxygens (including phenoxy) is 2. The summed E-state index contributed by atoms with van der Waals surface area (Å²) in [5.74, 6) is 0.736. The van der Waals surface area contributed by atoms with Crippen LogP contribution in [0.2, 0.25) is 0 Å². The molecule has 2 amide bonds. The van der Waals surface area contributed by atoms with Crippen LogP contribution in [0.1, 0.15) is 32.6 Å². The van der Waals surface area contributed by atoms with E-state index >= 15 is 0 Å². The third-order valence-electron chi connectivity index (χ3n) is 4.70. The molecule has 1 aromatic rings. The van der Waals surface area contributed by atoms with Gasteiger partial charge in [-0.15, -0.1) is 0 Å². The number of rotatable bonds is 6. The first-order valence-electron chi connectivity index (χ1n) is 9.10. The summed E-state index contributed by atoms with van der Waals surface area (Å²) in [5, 5.41) is 0. The molecule has 2 heterocycles. The topological polar surface area (TPSA) is 59.1 Å². The Kier molecular flexibility index (Phi) is 5.91. The zero-order valence-electron chi connectivity index (χ0n) is 14.8. The minimum atomic E-state index is -0.0212. The number of anilines is 1. The monoisotopic (exact) mass is 346 g/mol. The number of nitrogens with zero attached hydrogens (tertiary/aromatic N) is 2. The SMILES string of the molecule is CCOC1CCCN(C(=O)COc2cccc(N3CCCC3=O)c2)C1. The van der Waals surface area contributed by atoms with Crippen molar-refractivity contribution in [2.75, 3.05) is 37.7 Å². The van der Waals surface area contributed by atoms with E-state index in [1.807, 2.05) is 36.1 Å². The molecule has 0 saturated carbocycles. The van der Waals surface area contributed by atoms with Crippen molar-refractivity contribution in [2.24, 2.45) is 0 Å². The van der Waals surface area contributed by atoms with E-state index in [0.717, 1.165) is 38.0 Å². The Morgan fingerprint density at radius 2 is 2.16 bits per heavy atom. The summed E-state index contributed by atoms with van der Waals surface area (Å²) in [4.78, 5) is 27.8. The lowest BCUT2D eigenvalue weighted by Crippen LogP contribution is -2.45. The predicted molar refractivity (Wildman–Crippen MR) is 94.8 cm³/mol. The van der Waals surface area contributed by atoms with Gasteiger partial charge in [-0.3, -0.25) is 9.59 Å². The Labute approximate surface area is 148 Å². The van der Waals surface area contributed by atoms with E-state index < -0.39 is 0 Å². The van der Waals surface area contributed by atoms with Crippen LogP contribution in [-0.2, 0) is 14.3 Å². The lowest BCUT2D eigenvalue weighted by atomic mass is 10.1. The normalized spacial score (nSPS) is 20.8. The molecule has 0 bridgehead atoms. The zero-order chi connectivity index (χ0) is 17.6. The van der Waals surface area contributed by atoms with Gasteiger partial charge in [-0.25, -0.2) is 0 Å². The minimum Gasteiger partial charge on any atom is -0.484 e. The third kappa shape index (κ3) is 4.51. The number of piperidine rings is 1. The molecule has 6 heteroatoms. The van der Waals surface area contributed by atoms with Crippen LogP contribution in [0.5, 0.6) is 5.75 Å². The van der Waals surface area contributed by atoms with Crippen LogP contribution in [0.3, 0.4) is 0 Å². The van der Waals surface area contributed by atoms with Crippen LogP contribution < -0.4 is 9.64 Å². The van der Waals surface area contributed by atoms with E-state index in [-0.39, 0.29) is 24.5 Å². The molecule has 0 aliphatic carbocycles. The van der Waals surface area contributed by atoms with Gasteiger partial charge in [-0.2, -0.15) is 0 Å². The molecule has 2 fully saturated rings. The molecular formula is C19H26N2O4. The first kappa shape index (κ1) is 17.7. The second kappa shape index (κ2) is 8.34. The van der Waals surface area contributed by atoms with E-state index in [9.17, 15) is 9.59 Å². The summed E-state index contributed by atoms with van der Waals surface area (Å²) in [6.07, 6.45) is 3.58. The molecular weight excluding hydrogens is 320 g/mol. The molecule has 0 aromatic heterocycles. The number of carbonyl (C=O) groups is 2. The van der Waals surface area contributed by atoms with Gasteiger partial charge < -0.3 is 19.3 Å². The van der Waals surface area contributed by atoms with Gasteiger partial charge in [0.05, 0.1) is 6.10 Å². The highest BCUT2D eigenvalue weighted by atomic mass is 16.5. The first-order valence-corrected chi connectivity index (χ1v) is 9.10. The molecule has 2 saturated heterocycles. The maximum atomic E-state index is 12.4. The number of benzene rings is 1. The van der Waals surface area contributed by atoms with E-state index in [0.29, 0.717) is 25.3 Å². The Hall–Kier alpha value is -2.08. The summed E-state index contributed by atoms with van der Waals surface area (Å²) < 4.78 is 11.3. The van der Waals surface area contributed by atoms with Crippen molar-refractivity contribution in [3.63, 3.8) is 0 Å². The summed E-state index contributed by atoms with van der Waals surface area (Å²) in [7, 11) is 0. The number of likely N-dealkylation sites (tertiary alicyclic amines) is 1. The molecule has 0 spiro atoms. The van der Waals surface area contributed by atoms with Crippen LogP contribution in [0, 0.1) is 0 Å². The molecule has 3 rings (SSSR count). The number of hydrogen-bond donors (Lipinski definition) is 0. The van der Waals surface area contributed by atoms with Gasteiger partial charge in [0, 0.05) is 44.4 Å². The van der Waals surface area contributed by atoms with Crippen LogP contribution in [0.25, 0.3) is 0 Å². The van der Waals surface area contributed by atoms with Crippen molar-refractivity contribution in [1.29, 1.82) is 0 Å². The molecule has 1 aromatic carbocycles. The van der Waals surface area contributed by atoms with Gasteiger partial charge in [-0.1, -0.05) is 6.07 Å². The highest BCUT2D eigenvalue weighted by molar-refractivity contribution is 5.95. The largest absolute Gasteiger partial charge is 0.484 e. The Balaban J connectivity index is 1.54. The van der Waals surface area contributed by atoms with Gasteiger partial charge >= 0.3 is 0 Å². The van der Waals surface area contributed by atoms with Gasteiger partial charge in [0.2, 0.25) is 5.91 Å². The molecule has 2 aliphatic heterocycles. The number of hydrogen-bond acceptors (Lipinski definition) is 4. The standard InChI is InChI=1S/C19H26N2O4/c1-2-24-17-8-4-10-20(13-17)19(23)14-25-16-7-3-6-15(12-16)21-11-5-9-18(21)22/h3,6-7,12,17H,2,4-5,8-11,13-14H2,1H3. The van der Waals surface area contributed by atoms with E-state index in [2.05, 4.69) is 0 Å². The van der Waals surface area contributed by atoms with Gasteiger partial charge in [0.15, 0.2) is 6.61 Å². The molecule has 2 aliphatic rings. The molecule has 136 valence electrons. The molecule has 6 nitrogen and oxygen atoms in total. The second-order valence-corrected chi connectivity index (χ2v) is 6.49. The van der Waals surface area contributed by atoms with Crippen molar-refractivity contribution in [3.05, 3.63) is 24.3 Å². The summed E-state index contributed by atoms with van der Waals surface area (Å²) in [6.45, 7) is 4.80. The third-order valence-corrected chi connectivity index (χ3v) is 4.70. The van der Waals surface area contributed by atoms with Crippen molar-refractivity contribution in [1.82, 2.24) is 4.90 Å². The van der Waals surface area contributed by atoms with E-state index in [1.54, 1.807) is 4.90 Å². The van der Waals surface area contributed by atoms with Gasteiger partial charge in [0.25, 0.3) is 5.91 Å². The maximum Gasteiger partial charge on any atom is 0.260 e. The molecule has 0 radical (unpaired) electrons. The Morgan fingerprint density at radius 3 is 2.92 bits per heavy atom. The lowest BCUT2D eigenvalue weighted by molar-refractivity contribution is -0.137. The summed E-state index contributed by atoms with van der Waals surface area (Å²) in [5.41, 5.74) is 0.835. The highest BCUT2D eigenvalue weighted by Gasteiger charge is 2.24. The number of amides is 2. The molecule has 25 heavy (non-hydrogen) atoms. The van der Waals surface area contributed by atoms with Gasteiger partial charge in [0.1, 0.15) is 5.75 Å². The predicted octanol–water partition coefficient (Wildman–Crippen LogP) is 2.22. The minimum absolute atomic E-state index is 0.0102. The number of carbonyl (C=O) groups excluding carboxylic acids is 2. The lowest BCUT2D eigenvalue weighted by Gasteiger charge is -2.32. The zero-order valence-corrected chi connectivity index (χ0v) is 14.8. The molecule has 1 atom stereocenters.